The molecule has 0 spiro atoms. The average Bonchev–Trinajstić information content (AvgIpc) is 2.16. The molecule has 4 nitrogen and oxygen atoms in total. The van der Waals surface area contributed by atoms with E-state index in [9.17, 15) is 9.90 Å². The molecule has 0 bridgehead atoms. The van der Waals surface area contributed by atoms with E-state index in [-0.39, 0.29) is 5.54 Å². The molecule has 1 saturated carbocycles. The summed E-state index contributed by atoms with van der Waals surface area (Å²) in [6.45, 7) is 3.27. The van der Waals surface area contributed by atoms with Crippen LogP contribution in [0.5, 0.6) is 0 Å². The molecule has 1 N–H and O–H groups in total. The summed E-state index contributed by atoms with van der Waals surface area (Å²) in [6.07, 6.45) is 4.70. The average molecular weight is 211 g/mol. The normalized spacial score (nSPS) is 41.7. The van der Waals surface area contributed by atoms with Gasteiger partial charge in [-0.15, -0.1) is 0 Å². The Morgan fingerprint density at radius 1 is 1.40 bits per heavy atom. The first-order valence-corrected chi connectivity index (χ1v) is 5.47. The topological polar surface area (TPSA) is 58.9 Å². The minimum Gasteiger partial charge on any atom is -0.390 e. The third kappa shape index (κ3) is 1.98. The summed E-state index contributed by atoms with van der Waals surface area (Å²) in [7, 11) is 0. The van der Waals surface area contributed by atoms with Crippen LogP contribution in [-0.2, 0) is 9.53 Å². The Labute approximate surface area is 89.3 Å². The molecule has 2 rings (SSSR count). The van der Waals surface area contributed by atoms with Crippen LogP contribution < -0.4 is 0 Å². The smallest absolute Gasteiger partial charge is 0.235 e. The monoisotopic (exact) mass is 211 g/mol. The fraction of sp³-hybridized carbons (Fsp3) is 0.909. The molecule has 0 atom stereocenters. The SMILES string of the molecule is CC1(O)CC(N=C=O)(C2CCOCC2)C1. The Hall–Kier alpha value is -0.700. The van der Waals surface area contributed by atoms with E-state index < -0.39 is 5.60 Å². The first-order valence-electron chi connectivity index (χ1n) is 5.47. The second-order valence-corrected chi connectivity index (χ2v) is 5.04. The molecule has 2 fully saturated rings. The Morgan fingerprint density at radius 2 is 2.00 bits per heavy atom. The highest BCUT2D eigenvalue weighted by Gasteiger charge is 2.55. The van der Waals surface area contributed by atoms with Gasteiger partial charge in [-0.1, -0.05) is 0 Å². The van der Waals surface area contributed by atoms with Gasteiger partial charge >= 0.3 is 0 Å². The van der Waals surface area contributed by atoms with Crippen molar-refractivity contribution in [1.82, 2.24) is 0 Å². The van der Waals surface area contributed by atoms with E-state index in [2.05, 4.69) is 4.99 Å². The lowest BCUT2D eigenvalue weighted by molar-refractivity contribution is -0.106. The van der Waals surface area contributed by atoms with Crippen LogP contribution in [-0.4, -0.2) is 35.5 Å². The van der Waals surface area contributed by atoms with Crippen LogP contribution in [0.15, 0.2) is 4.99 Å². The van der Waals surface area contributed by atoms with Gasteiger partial charge in [0.1, 0.15) is 0 Å². The van der Waals surface area contributed by atoms with Crippen LogP contribution in [0.2, 0.25) is 0 Å². The number of hydrogen-bond acceptors (Lipinski definition) is 4. The van der Waals surface area contributed by atoms with Crippen LogP contribution in [0.1, 0.15) is 32.6 Å². The number of carbonyl (C=O) groups excluding carboxylic acids is 1. The van der Waals surface area contributed by atoms with E-state index in [0.717, 1.165) is 26.1 Å². The number of rotatable bonds is 2. The van der Waals surface area contributed by atoms with E-state index in [1.54, 1.807) is 13.0 Å². The molecule has 1 saturated heterocycles. The number of ether oxygens (including phenoxy) is 1. The van der Waals surface area contributed by atoms with E-state index in [0.29, 0.717) is 18.8 Å². The van der Waals surface area contributed by atoms with Crippen molar-refractivity contribution in [1.29, 1.82) is 0 Å². The highest BCUT2D eigenvalue weighted by Crippen LogP contribution is 2.51. The molecule has 1 heterocycles. The van der Waals surface area contributed by atoms with Crippen LogP contribution in [0.4, 0.5) is 0 Å². The predicted octanol–water partition coefficient (Wildman–Crippen LogP) is 1.03. The fourth-order valence-corrected chi connectivity index (χ4v) is 3.05. The maximum atomic E-state index is 10.5. The van der Waals surface area contributed by atoms with Gasteiger partial charge < -0.3 is 9.84 Å². The maximum absolute atomic E-state index is 10.5. The summed E-state index contributed by atoms with van der Waals surface area (Å²) >= 11 is 0. The van der Waals surface area contributed by atoms with Crippen molar-refractivity contribution in [2.45, 2.75) is 43.7 Å². The molecule has 1 aliphatic heterocycles. The third-order valence-corrected chi connectivity index (χ3v) is 3.62. The van der Waals surface area contributed by atoms with Crippen molar-refractivity contribution in [3.63, 3.8) is 0 Å². The van der Waals surface area contributed by atoms with Crippen molar-refractivity contribution < 1.29 is 14.6 Å². The van der Waals surface area contributed by atoms with Gasteiger partial charge in [-0.3, -0.25) is 0 Å². The Kier molecular flexibility index (Phi) is 2.67. The number of isocyanates is 1. The molecule has 4 heteroatoms. The molecule has 1 aliphatic carbocycles. The van der Waals surface area contributed by atoms with Gasteiger partial charge in [0.25, 0.3) is 0 Å². The Balaban J connectivity index is 2.10. The molecule has 0 aromatic rings. The quantitative estimate of drug-likeness (QED) is 0.548. The molecule has 0 radical (unpaired) electrons. The van der Waals surface area contributed by atoms with E-state index in [4.69, 9.17) is 4.74 Å². The summed E-state index contributed by atoms with van der Waals surface area (Å²) in [5.74, 6) is 0.368. The lowest BCUT2D eigenvalue weighted by atomic mass is 9.58. The lowest BCUT2D eigenvalue weighted by Crippen LogP contribution is -2.58. The van der Waals surface area contributed by atoms with Crippen molar-refractivity contribution in [2.75, 3.05) is 13.2 Å². The highest BCUT2D eigenvalue weighted by atomic mass is 16.5. The van der Waals surface area contributed by atoms with Crippen molar-refractivity contribution in [3.05, 3.63) is 0 Å². The van der Waals surface area contributed by atoms with Gasteiger partial charge in [0.2, 0.25) is 6.08 Å². The minimum atomic E-state index is -0.654. The number of hydrogen-bond donors (Lipinski definition) is 1. The van der Waals surface area contributed by atoms with Gasteiger partial charge in [0.15, 0.2) is 0 Å². The number of nitrogens with zero attached hydrogens (tertiary/aromatic N) is 1. The zero-order chi connectivity index (χ0) is 10.9. The molecule has 0 aromatic heterocycles. The Morgan fingerprint density at radius 3 is 2.47 bits per heavy atom. The van der Waals surface area contributed by atoms with Crippen LogP contribution >= 0.6 is 0 Å². The second-order valence-electron chi connectivity index (χ2n) is 5.04. The van der Waals surface area contributed by atoms with Gasteiger partial charge in [-0.25, -0.2) is 4.79 Å². The summed E-state index contributed by atoms with van der Waals surface area (Å²) in [5, 5.41) is 9.79. The number of aliphatic hydroxyl groups is 1. The van der Waals surface area contributed by atoms with Gasteiger partial charge in [-0.2, -0.15) is 4.99 Å². The molecule has 0 amide bonds. The van der Waals surface area contributed by atoms with Gasteiger partial charge in [0, 0.05) is 26.1 Å². The summed E-state index contributed by atoms with van der Waals surface area (Å²) in [6, 6.07) is 0. The first kappa shape index (κ1) is 10.8. The van der Waals surface area contributed by atoms with Crippen molar-refractivity contribution in [2.24, 2.45) is 10.9 Å². The summed E-state index contributed by atoms with van der Waals surface area (Å²) in [5.41, 5.74) is -1.01. The zero-order valence-electron chi connectivity index (χ0n) is 9.03. The summed E-state index contributed by atoms with van der Waals surface area (Å²) in [4.78, 5) is 14.4. The van der Waals surface area contributed by atoms with E-state index >= 15 is 0 Å². The first-order chi connectivity index (χ1) is 7.08. The molecular weight excluding hydrogens is 194 g/mol. The summed E-state index contributed by atoms with van der Waals surface area (Å²) < 4.78 is 5.29. The lowest BCUT2D eigenvalue weighted by Gasteiger charge is -2.53. The molecule has 2 aliphatic rings. The largest absolute Gasteiger partial charge is 0.390 e. The van der Waals surface area contributed by atoms with Gasteiger partial charge in [0.05, 0.1) is 11.1 Å². The van der Waals surface area contributed by atoms with Crippen molar-refractivity contribution >= 4 is 6.08 Å². The minimum absolute atomic E-state index is 0.352. The highest BCUT2D eigenvalue weighted by molar-refractivity contribution is 5.37. The number of aliphatic imine (C=N–C) groups is 1. The maximum Gasteiger partial charge on any atom is 0.235 e. The van der Waals surface area contributed by atoms with Crippen LogP contribution in [0.25, 0.3) is 0 Å². The molecular formula is C11H17NO3. The third-order valence-electron chi connectivity index (χ3n) is 3.62. The fourth-order valence-electron chi connectivity index (χ4n) is 3.05. The van der Waals surface area contributed by atoms with Crippen LogP contribution in [0.3, 0.4) is 0 Å². The molecule has 84 valence electrons. The standard InChI is InChI=1S/C11H17NO3/c1-10(14)6-11(7-10,12-8-13)9-2-4-15-5-3-9/h9,14H,2-7H2,1H3. The second kappa shape index (κ2) is 3.71. The van der Waals surface area contributed by atoms with Gasteiger partial charge in [-0.05, 0) is 25.7 Å². The molecule has 15 heavy (non-hydrogen) atoms. The van der Waals surface area contributed by atoms with Crippen LogP contribution in [0, 0.1) is 5.92 Å². The predicted molar refractivity (Wildman–Crippen MR) is 54.3 cm³/mol. The zero-order valence-corrected chi connectivity index (χ0v) is 9.03. The van der Waals surface area contributed by atoms with E-state index in [1.807, 2.05) is 0 Å². The van der Waals surface area contributed by atoms with Crippen molar-refractivity contribution in [3.8, 4) is 0 Å². The van der Waals surface area contributed by atoms with E-state index in [1.165, 1.54) is 0 Å². The Bertz CT molecular complexity index is 280. The molecule has 0 unspecified atom stereocenters. The molecule has 0 aromatic carbocycles.